The number of pyridine rings is 1. The van der Waals surface area contributed by atoms with E-state index in [2.05, 4.69) is 4.98 Å². The highest BCUT2D eigenvalue weighted by Gasteiger charge is 2.20. The first kappa shape index (κ1) is 17.5. The van der Waals surface area contributed by atoms with Crippen molar-refractivity contribution in [2.45, 2.75) is 26.4 Å². The smallest absolute Gasteiger partial charge is 0.418 e. The van der Waals surface area contributed by atoms with Gasteiger partial charge in [0, 0.05) is 24.8 Å². The summed E-state index contributed by atoms with van der Waals surface area (Å²) in [5, 5.41) is 0. The second kappa shape index (κ2) is 6.92. The Morgan fingerprint density at radius 3 is 2.08 bits per heavy atom. The average molecular weight is 350 g/mol. The number of aromatic nitrogens is 1. The van der Waals surface area contributed by atoms with Gasteiger partial charge in [0.1, 0.15) is 11.4 Å². The first-order valence-corrected chi connectivity index (χ1v) is 8.30. The summed E-state index contributed by atoms with van der Waals surface area (Å²) in [5.74, 6) is 0.793. The molecule has 1 aromatic heterocycles. The molecule has 0 aliphatic carbocycles. The maximum atomic E-state index is 12.1. The molecule has 1 amide bonds. The molecule has 0 atom stereocenters. The number of carbonyl (C=O) groups is 1. The number of nitrogens with two attached hydrogens (primary N) is 1. The number of nitrogen functional groups attached to an aromatic ring is 1. The molecule has 0 radical (unpaired) electrons. The molecule has 0 spiro atoms. The van der Waals surface area contributed by atoms with Crippen LogP contribution in [-0.2, 0) is 4.74 Å². The van der Waals surface area contributed by atoms with Gasteiger partial charge < -0.3 is 15.4 Å². The van der Waals surface area contributed by atoms with Crippen LogP contribution in [0.2, 0.25) is 0 Å². The number of allylic oxidation sites excluding steroid dienone is 6. The zero-order valence-electron chi connectivity index (χ0n) is 15.1. The van der Waals surface area contributed by atoms with Gasteiger partial charge in [0.25, 0.3) is 0 Å². The van der Waals surface area contributed by atoms with E-state index >= 15 is 0 Å². The van der Waals surface area contributed by atoms with Gasteiger partial charge in [-0.15, -0.1) is 0 Å². The van der Waals surface area contributed by atoms with Gasteiger partial charge in [-0.2, -0.15) is 0 Å². The van der Waals surface area contributed by atoms with E-state index in [0.717, 1.165) is 17.0 Å². The van der Waals surface area contributed by atoms with E-state index in [-0.39, 0.29) is 0 Å². The SMILES string of the molecule is CC(C)(C)OC(=O)N1C=CC(=C2C=CN(c3ccc(N)cn3)C=C2)C=C1. The fourth-order valence-corrected chi connectivity index (χ4v) is 2.38. The minimum absolute atomic E-state index is 0.399. The van der Waals surface area contributed by atoms with Gasteiger partial charge in [0.2, 0.25) is 0 Å². The molecular weight excluding hydrogens is 328 g/mol. The lowest BCUT2D eigenvalue weighted by Crippen LogP contribution is -2.31. The molecule has 3 heterocycles. The van der Waals surface area contributed by atoms with Crippen LogP contribution in [0.25, 0.3) is 0 Å². The molecule has 1 aromatic rings. The Balaban J connectivity index is 1.68. The Morgan fingerprint density at radius 2 is 1.58 bits per heavy atom. The van der Waals surface area contributed by atoms with Crippen LogP contribution in [0, 0.1) is 0 Å². The maximum Gasteiger partial charge on any atom is 0.418 e. The molecule has 26 heavy (non-hydrogen) atoms. The lowest BCUT2D eigenvalue weighted by atomic mass is 10.0. The Bertz CT molecular complexity index is 808. The second-order valence-corrected chi connectivity index (χ2v) is 6.92. The highest BCUT2D eigenvalue weighted by Crippen LogP contribution is 2.23. The molecule has 0 fully saturated rings. The van der Waals surface area contributed by atoms with Crippen molar-refractivity contribution >= 4 is 17.6 Å². The van der Waals surface area contributed by atoms with E-state index in [9.17, 15) is 4.79 Å². The molecule has 0 aromatic carbocycles. The van der Waals surface area contributed by atoms with Gasteiger partial charge in [-0.3, -0.25) is 4.90 Å². The first-order chi connectivity index (χ1) is 12.3. The van der Waals surface area contributed by atoms with Crippen molar-refractivity contribution in [3.8, 4) is 0 Å². The van der Waals surface area contributed by atoms with E-state index in [1.165, 1.54) is 4.90 Å². The van der Waals surface area contributed by atoms with Crippen molar-refractivity contribution < 1.29 is 9.53 Å². The van der Waals surface area contributed by atoms with Gasteiger partial charge in [-0.1, -0.05) is 0 Å². The zero-order chi connectivity index (χ0) is 18.7. The number of carbonyl (C=O) groups excluding carboxylic acids is 1. The highest BCUT2D eigenvalue weighted by atomic mass is 16.6. The number of hydrogen-bond donors (Lipinski definition) is 1. The normalized spacial score (nSPS) is 16.4. The number of rotatable bonds is 1. The van der Waals surface area contributed by atoms with Gasteiger partial charge in [0.05, 0.1) is 11.9 Å². The van der Waals surface area contributed by atoms with Gasteiger partial charge in [0.15, 0.2) is 0 Å². The minimum Gasteiger partial charge on any atom is -0.443 e. The van der Waals surface area contributed by atoms with E-state index in [0.29, 0.717) is 5.69 Å². The summed E-state index contributed by atoms with van der Waals surface area (Å²) < 4.78 is 5.35. The van der Waals surface area contributed by atoms with Gasteiger partial charge >= 0.3 is 6.09 Å². The van der Waals surface area contributed by atoms with Crippen LogP contribution in [0.5, 0.6) is 0 Å². The Labute approximate surface area is 153 Å². The third-order valence-electron chi connectivity index (χ3n) is 3.63. The van der Waals surface area contributed by atoms with E-state index in [1.807, 2.05) is 74.5 Å². The molecule has 134 valence electrons. The summed E-state index contributed by atoms with van der Waals surface area (Å²) in [5.41, 5.74) is 7.81. The number of anilines is 2. The molecule has 6 heteroatoms. The van der Waals surface area contributed by atoms with Crippen LogP contribution in [0.4, 0.5) is 16.3 Å². The van der Waals surface area contributed by atoms with E-state index < -0.39 is 11.7 Å². The molecular formula is C20H22N4O2. The van der Waals surface area contributed by atoms with Crippen LogP contribution in [0.1, 0.15) is 20.8 Å². The quantitative estimate of drug-likeness (QED) is 0.826. The van der Waals surface area contributed by atoms with Crippen molar-refractivity contribution in [1.82, 2.24) is 9.88 Å². The van der Waals surface area contributed by atoms with Crippen LogP contribution in [-0.4, -0.2) is 21.6 Å². The highest BCUT2D eigenvalue weighted by molar-refractivity contribution is 5.72. The molecule has 3 rings (SSSR count). The van der Waals surface area contributed by atoms with Crippen LogP contribution >= 0.6 is 0 Å². The van der Waals surface area contributed by atoms with Gasteiger partial charge in [-0.25, -0.2) is 9.78 Å². The molecule has 0 unspecified atom stereocenters. The van der Waals surface area contributed by atoms with Gasteiger partial charge in [-0.05, 0) is 68.4 Å². The third-order valence-corrected chi connectivity index (χ3v) is 3.63. The lowest BCUT2D eigenvalue weighted by Gasteiger charge is -2.24. The third kappa shape index (κ3) is 4.22. The monoisotopic (exact) mass is 350 g/mol. The molecule has 0 bridgehead atoms. The Hall–Kier alpha value is -3.28. The van der Waals surface area contributed by atoms with Crippen molar-refractivity contribution in [1.29, 1.82) is 0 Å². The fraction of sp³-hybridized carbons (Fsp3) is 0.200. The molecule has 0 saturated carbocycles. The summed E-state index contributed by atoms with van der Waals surface area (Å²) in [6, 6.07) is 3.68. The number of hydrogen-bond acceptors (Lipinski definition) is 5. The summed E-state index contributed by atoms with van der Waals surface area (Å²) in [4.78, 5) is 19.7. The van der Waals surface area contributed by atoms with Crippen molar-refractivity contribution in [2.24, 2.45) is 0 Å². The van der Waals surface area contributed by atoms with Crippen molar-refractivity contribution in [3.63, 3.8) is 0 Å². The molecule has 2 aliphatic heterocycles. The van der Waals surface area contributed by atoms with Crippen LogP contribution in [0.3, 0.4) is 0 Å². The largest absolute Gasteiger partial charge is 0.443 e. The zero-order valence-corrected chi connectivity index (χ0v) is 15.1. The average Bonchev–Trinajstić information content (AvgIpc) is 2.61. The number of ether oxygens (including phenoxy) is 1. The molecule has 2 N–H and O–H groups in total. The second-order valence-electron chi connectivity index (χ2n) is 6.92. The summed E-state index contributed by atoms with van der Waals surface area (Å²) in [6.07, 6.45) is 16.2. The van der Waals surface area contributed by atoms with Crippen molar-refractivity contribution in [2.75, 3.05) is 10.6 Å². The predicted octanol–water partition coefficient (Wildman–Crippen LogP) is 4.09. The number of nitrogens with zero attached hydrogens (tertiary/aromatic N) is 3. The van der Waals surface area contributed by atoms with Crippen LogP contribution in [0.15, 0.2) is 78.6 Å². The Morgan fingerprint density at radius 1 is 1.00 bits per heavy atom. The maximum absolute atomic E-state index is 12.1. The fourth-order valence-electron chi connectivity index (χ4n) is 2.38. The molecule has 0 saturated heterocycles. The van der Waals surface area contributed by atoms with Crippen LogP contribution < -0.4 is 10.6 Å². The lowest BCUT2D eigenvalue weighted by molar-refractivity contribution is 0.0398. The Kier molecular flexibility index (Phi) is 4.67. The predicted molar refractivity (Wildman–Crippen MR) is 103 cm³/mol. The summed E-state index contributed by atoms with van der Waals surface area (Å²) in [7, 11) is 0. The standard InChI is InChI=1S/C20H22N4O2/c1-20(2,3)26-19(25)24-12-8-16(9-13-24)15-6-10-23(11-7-15)18-5-4-17(21)14-22-18/h4-14H,21H2,1-3H3. The number of amides is 1. The summed E-state index contributed by atoms with van der Waals surface area (Å²) >= 11 is 0. The minimum atomic E-state index is -0.522. The van der Waals surface area contributed by atoms with E-state index in [1.54, 1.807) is 18.6 Å². The van der Waals surface area contributed by atoms with Crippen molar-refractivity contribution in [3.05, 3.63) is 78.6 Å². The molecule has 6 nitrogen and oxygen atoms in total. The molecule has 2 aliphatic rings. The summed E-state index contributed by atoms with van der Waals surface area (Å²) in [6.45, 7) is 5.53. The topological polar surface area (TPSA) is 71.7 Å². The van der Waals surface area contributed by atoms with E-state index in [4.69, 9.17) is 10.5 Å². The first-order valence-electron chi connectivity index (χ1n) is 8.30.